The predicted molar refractivity (Wildman–Crippen MR) is 74.0 cm³/mol. The van der Waals surface area contributed by atoms with E-state index in [-0.39, 0.29) is 5.69 Å². The largest absolute Gasteiger partial charge is 0.431 e. The van der Waals surface area contributed by atoms with Gasteiger partial charge < -0.3 is 4.74 Å². The first-order valence-corrected chi connectivity index (χ1v) is 5.84. The van der Waals surface area contributed by atoms with Crippen LogP contribution in [-0.4, -0.2) is 10.9 Å². The maximum absolute atomic E-state index is 11.6. The van der Waals surface area contributed by atoms with Gasteiger partial charge in [0.15, 0.2) is 0 Å². The summed E-state index contributed by atoms with van der Waals surface area (Å²) in [5.41, 5.74) is 1.18. The van der Waals surface area contributed by atoms with E-state index in [1.807, 2.05) is 6.07 Å². The van der Waals surface area contributed by atoms with Gasteiger partial charge in [-0.2, -0.15) is 0 Å². The summed E-state index contributed by atoms with van der Waals surface area (Å²) in [6.45, 7) is 0. The summed E-state index contributed by atoms with van der Waals surface area (Å²) in [7, 11) is 0. The number of hydrogen-bond donors (Lipinski definition) is 0. The van der Waals surface area contributed by atoms with Crippen LogP contribution in [0, 0.1) is 10.1 Å². The van der Waals surface area contributed by atoms with E-state index in [1.54, 1.807) is 42.5 Å². The number of carbonyl (C=O) groups excluding carboxylic acids is 1. The molecule has 0 aliphatic carbocycles. The van der Waals surface area contributed by atoms with Gasteiger partial charge >= 0.3 is 5.97 Å². The summed E-state index contributed by atoms with van der Waals surface area (Å²) in [4.78, 5) is 21.6. The molecule has 0 bridgehead atoms. The fourth-order valence-corrected chi connectivity index (χ4v) is 1.52. The molecule has 0 aliphatic heterocycles. The van der Waals surface area contributed by atoms with Crippen LogP contribution in [-0.2, 0) is 4.74 Å². The Kier molecular flexibility index (Phi) is 4.24. The van der Waals surface area contributed by atoms with E-state index in [0.717, 1.165) is 0 Å². The maximum atomic E-state index is 11.6. The third kappa shape index (κ3) is 3.52. The van der Waals surface area contributed by atoms with Gasteiger partial charge in [-0.15, -0.1) is 0 Å². The van der Waals surface area contributed by atoms with E-state index in [9.17, 15) is 14.9 Å². The van der Waals surface area contributed by atoms with Crippen LogP contribution in [0.25, 0.3) is 6.08 Å². The van der Waals surface area contributed by atoms with Gasteiger partial charge in [-0.3, -0.25) is 10.1 Å². The van der Waals surface area contributed by atoms with E-state index in [1.165, 1.54) is 18.4 Å². The summed E-state index contributed by atoms with van der Waals surface area (Å²) < 4.78 is 4.96. The number of esters is 1. The summed E-state index contributed by atoms with van der Waals surface area (Å²) in [5, 5.41) is 10.5. The first kappa shape index (κ1) is 13.5. The second-order valence-corrected chi connectivity index (χ2v) is 3.92. The van der Waals surface area contributed by atoms with Crippen molar-refractivity contribution in [1.29, 1.82) is 0 Å². The predicted octanol–water partition coefficient (Wildman–Crippen LogP) is 3.42. The molecule has 0 unspecified atom stereocenters. The second-order valence-electron chi connectivity index (χ2n) is 3.92. The summed E-state index contributed by atoms with van der Waals surface area (Å²) in [6, 6.07) is 14.5. The summed E-state index contributed by atoms with van der Waals surface area (Å²) >= 11 is 0. The van der Waals surface area contributed by atoms with Crippen LogP contribution < -0.4 is 0 Å². The molecule has 5 heteroatoms. The van der Waals surface area contributed by atoms with Crippen molar-refractivity contribution in [3.8, 4) is 0 Å². The molecule has 2 aromatic carbocycles. The fourth-order valence-electron chi connectivity index (χ4n) is 1.52. The van der Waals surface area contributed by atoms with Gasteiger partial charge in [0.05, 0.1) is 16.7 Å². The van der Waals surface area contributed by atoms with Gasteiger partial charge in [-0.1, -0.05) is 18.2 Å². The molecule has 2 aromatic rings. The highest BCUT2D eigenvalue weighted by molar-refractivity contribution is 5.89. The second kappa shape index (κ2) is 6.29. The Balaban J connectivity index is 1.96. The fraction of sp³-hybridized carbons (Fsp3) is 0. The topological polar surface area (TPSA) is 69.4 Å². The molecular weight excluding hydrogens is 258 g/mol. The van der Waals surface area contributed by atoms with Crippen LogP contribution >= 0.6 is 0 Å². The summed E-state index contributed by atoms with van der Waals surface area (Å²) in [6.07, 6.45) is 2.82. The monoisotopic (exact) mass is 269 g/mol. The zero-order chi connectivity index (χ0) is 14.4. The van der Waals surface area contributed by atoms with Crippen LogP contribution in [0.15, 0.2) is 60.9 Å². The van der Waals surface area contributed by atoms with Crippen molar-refractivity contribution in [2.24, 2.45) is 0 Å². The normalized spacial score (nSPS) is 10.4. The minimum absolute atomic E-state index is 0.0171. The highest BCUT2D eigenvalue weighted by Gasteiger charge is 2.04. The summed E-state index contributed by atoms with van der Waals surface area (Å²) in [5.74, 6) is -0.455. The van der Waals surface area contributed by atoms with Gasteiger partial charge in [0, 0.05) is 12.1 Å². The minimum atomic E-state index is -0.469. The average Bonchev–Trinajstić information content (AvgIpc) is 2.48. The molecule has 2 rings (SSSR count). The Labute approximate surface area is 115 Å². The molecule has 0 spiro atoms. The lowest BCUT2D eigenvalue weighted by atomic mass is 10.2. The number of carbonyl (C=O) groups is 1. The maximum Gasteiger partial charge on any atom is 0.342 e. The molecule has 0 fully saturated rings. The average molecular weight is 269 g/mol. The molecule has 100 valence electrons. The molecule has 0 N–H and O–H groups in total. The number of nitrogens with zero attached hydrogens (tertiary/aromatic N) is 1. The molecule has 0 atom stereocenters. The third-order valence-electron chi connectivity index (χ3n) is 2.55. The minimum Gasteiger partial charge on any atom is -0.431 e. The zero-order valence-electron chi connectivity index (χ0n) is 10.4. The van der Waals surface area contributed by atoms with E-state index >= 15 is 0 Å². The van der Waals surface area contributed by atoms with Gasteiger partial charge in [-0.05, 0) is 35.9 Å². The van der Waals surface area contributed by atoms with Crippen LogP contribution in [0.3, 0.4) is 0 Å². The third-order valence-corrected chi connectivity index (χ3v) is 2.55. The number of ether oxygens (including phenoxy) is 1. The first-order valence-electron chi connectivity index (χ1n) is 5.84. The van der Waals surface area contributed by atoms with E-state index in [2.05, 4.69) is 0 Å². The van der Waals surface area contributed by atoms with Gasteiger partial charge in [0.25, 0.3) is 5.69 Å². The zero-order valence-corrected chi connectivity index (χ0v) is 10.4. The van der Waals surface area contributed by atoms with Crippen LogP contribution in [0.5, 0.6) is 0 Å². The Hall–Kier alpha value is -2.95. The lowest BCUT2D eigenvalue weighted by molar-refractivity contribution is -0.384. The molecule has 0 saturated carbocycles. The molecule has 0 saturated heterocycles. The quantitative estimate of drug-likeness (QED) is 0.369. The molecule has 20 heavy (non-hydrogen) atoms. The SMILES string of the molecule is O=C(OC=Cc1ccc([N+](=O)[O-])cc1)c1ccccc1. The first-order chi connectivity index (χ1) is 9.66. The van der Waals surface area contributed by atoms with Gasteiger partial charge in [0.2, 0.25) is 0 Å². The number of nitro groups is 1. The standard InChI is InChI=1S/C15H11NO4/c17-15(13-4-2-1-3-5-13)20-11-10-12-6-8-14(9-7-12)16(18)19/h1-11H. The van der Waals surface area contributed by atoms with Crippen LogP contribution in [0.1, 0.15) is 15.9 Å². The van der Waals surface area contributed by atoms with Crippen molar-refractivity contribution in [2.75, 3.05) is 0 Å². The number of nitro benzene ring substituents is 1. The van der Waals surface area contributed by atoms with Crippen molar-refractivity contribution < 1.29 is 14.5 Å². The van der Waals surface area contributed by atoms with Crippen molar-refractivity contribution >= 4 is 17.7 Å². The number of benzene rings is 2. The Bertz CT molecular complexity index is 633. The highest BCUT2D eigenvalue weighted by Crippen LogP contribution is 2.13. The van der Waals surface area contributed by atoms with Crippen molar-refractivity contribution in [2.45, 2.75) is 0 Å². The molecule has 0 heterocycles. The van der Waals surface area contributed by atoms with Crippen LogP contribution in [0.2, 0.25) is 0 Å². The van der Waals surface area contributed by atoms with E-state index in [4.69, 9.17) is 4.74 Å². The van der Waals surface area contributed by atoms with Gasteiger partial charge in [-0.25, -0.2) is 4.79 Å². The molecular formula is C15H11NO4. The smallest absolute Gasteiger partial charge is 0.342 e. The van der Waals surface area contributed by atoms with Crippen LogP contribution in [0.4, 0.5) is 5.69 Å². The Morgan fingerprint density at radius 1 is 1.05 bits per heavy atom. The molecule has 5 nitrogen and oxygen atoms in total. The molecule has 0 radical (unpaired) electrons. The number of non-ortho nitro benzene ring substituents is 1. The Morgan fingerprint density at radius 3 is 2.30 bits per heavy atom. The van der Waals surface area contributed by atoms with Crippen molar-refractivity contribution in [3.05, 3.63) is 82.1 Å². The van der Waals surface area contributed by atoms with Crippen molar-refractivity contribution in [1.82, 2.24) is 0 Å². The van der Waals surface area contributed by atoms with E-state index < -0.39 is 10.9 Å². The lowest BCUT2D eigenvalue weighted by Crippen LogP contribution is -1.99. The Morgan fingerprint density at radius 2 is 1.70 bits per heavy atom. The van der Waals surface area contributed by atoms with Crippen molar-refractivity contribution in [3.63, 3.8) is 0 Å². The highest BCUT2D eigenvalue weighted by atomic mass is 16.6. The number of hydrogen-bond acceptors (Lipinski definition) is 4. The molecule has 0 aliphatic rings. The molecule has 0 amide bonds. The lowest BCUT2D eigenvalue weighted by Gasteiger charge is -1.98. The van der Waals surface area contributed by atoms with E-state index in [0.29, 0.717) is 11.1 Å². The van der Waals surface area contributed by atoms with Gasteiger partial charge in [0.1, 0.15) is 0 Å². The molecule has 0 aromatic heterocycles. The number of rotatable bonds is 4.